The predicted molar refractivity (Wildman–Crippen MR) is 134 cm³/mol. The van der Waals surface area contributed by atoms with Gasteiger partial charge in [0.05, 0.1) is 17.0 Å². The molecule has 1 atom stereocenters. The molecule has 0 spiro atoms. The minimum atomic E-state index is -0.292. The summed E-state index contributed by atoms with van der Waals surface area (Å²) < 4.78 is 14.0. The van der Waals surface area contributed by atoms with E-state index < -0.39 is 0 Å². The van der Waals surface area contributed by atoms with Gasteiger partial charge in [-0.3, -0.25) is 4.79 Å². The van der Waals surface area contributed by atoms with Crippen LogP contribution in [0.15, 0.2) is 72.8 Å². The number of aromatic nitrogens is 2. The zero-order chi connectivity index (χ0) is 24.2. The lowest BCUT2D eigenvalue weighted by Crippen LogP contribution is -2.45. The molecular weight excluding hydrogens is 445 g/mol. The number of para-hydroxylation sites is 1. The highest BCUT2D eigenvalue weighted by Gasteiger charge is 2.28. The molecule has 5 rings (SSSR count). The standard InChI is InChI=1S/C27H26FN5O2/c28-22-11-5-4-7-18(22)15-25-31-23-13-12-21(16-24(23)32-25)29-26(34)19-8-6-14-33(17-19)27(35)30-20-9-2-1-3-10-20/h1-5,7,9-13,16,19H,6,8,14-15,17H2,(H,29,34)(H,30,35)(H,31,32). The summed E-state index contributed by atoms with van der Waals surface area (Å²) in [6, 6.07) is 21.2. The number of likely N-dealkylation sites (tertiary alicyclic amines) is 1. The van der Waals surface area contributed by atoms with Gasteiger partial charge < -0.3 is 20.5 Å². The third-order valence-electron chi connectivity index (χ3n) is 6.22. The normalized spacial score (nSPS) is 15.7. The molecule has 1 saturated heterocycles. The predicted octanol–water partition coefficient (Wildman–Crippen LogP) is 5.18. The van der Waals surface area contributed by atoms with Crippen LogP contribution in [0.2, 0.25) is 0 Å². The fourth-order valence-electron chi connectivity index (χ4n) is 4.39. The van der Waals surface area contributed by atoms with E-state index in [9.17, 15) is 14.0 Å². The third kappa shape index (κ3) is 5.32. The molecule has 4 aromatic rings. The first-order valence-electron chi connectivity index (χ1n) is 11.7. The van der Waals surface area contributed by atoms with E-state index in [2.05, 4.69) is 20.6 Å². The lowest BCUT2D eigenvalue weighted by molar-refractivity contribution is -0.121. The quantitative estimate of drug-likeness (QED) is 0.375. The fourth-order valence-corrected chi connectivity index (χ4v) is 4.39. The van der Waals surface area contributed by atoms with E-state index in [4.69, 9.17) is 0 Å². The van der Waals surface area contributed by atoms with Gasteiger partial charge >= 0.3 is 6.03 Å². The van der Waals surface area contributed by atoms with E-state index in [-0.39, 0.29) is 23.7 Å². The SMILES string of the molecule is O=C(Nc1ccc2nc(Cc3ccccc3F)[nH]c2c1)C1CCCN(C(=O)Nc2ccccc2)C1. The number of piperidine rings is 1. The lowest BCUT2D eigenvalue weighted by atomic mass is 9.97. The number of anilines is 2. The Kier molecular flexibility index (Phi) is 6.43. The molecule has 1 fully saturated rings. The van der Waals surface area contributed by atoms with Gasteiger partial charge in [-0.25, -0.2) is 14.2 Å². The van der Waals surface area contributed by atoms with Crippen LogP contribution in [0.3, 0.4) is 0 Å². The number of carbonyl (C=O) groups excluding carboxylic acids is 2. The number of aromatic amines is 1. The van der Waals surface area contributed by atoms with Gasteiger partial charge in [0.15, 0.2) is 0 Å². The van der Waals surface area contributed by atoms with Crippen molar-refractivity contribution in [3.63, 3.8) is 0 Å². The van der Waals surface area contributed by atoms with Gasteiger partial charge in [-0.15, -0.1) is 0 Å². The molecule has 0 bridgehead atoms. The highest BCUT2D eigenvalue weighted by Crippen LogP contribution is 2.23. The van der Waals surface area contributed by atoms with Gasteiger partial charge in [-0.2, -0.15) is 0 Å². The monoisotopic (exact) mass is 471 g/mol. The number of carbonyl (C=O) groups is 2. The van der Waals surface area contributed by atoms with Crippen LogP contribution in [0.4, 0.5) is 20.6 Å². The second kappa shape index (κ2) is 9.97. The van der Waals surface area contributed by atoms with Gasteiger partial charge in [-0.1, -0.05) is 36.4 Å². The summed E-state index contributed by atoms with van der Waals surface area (Å²) in [5.41, 5.74) is 3.46. The third-order valence-corrected chi connectivity index (χ3v) is 6.22. The van der Waals surface area contributed by atoms with Gasteiger partial charge in [0, 0.05) is 30.9 Å². The average molecular weight is 472 g/mol. The molecule has 1 aliphatic rings. The number of fused-ring (bicyclic) bond motifs is 1. The summed E-state index contributed by atoms with van der Waals surface area (Å²) >= 11 is 0. The summed E-state index contributed by atoms with van der Waals surface area (Å²) in [6.07, 6.45) is 1.84. The van der Waals surface area contributed by atoms with Gasteiger partial charge in [0.25, 0.3) is 0 Å². The highest BCUT2D eigenvalue weighted by molar-refractivity contribution is 5.95. The molecule has 35 heavy (non-hydrogen) atoms. The zero-order valence-electron chi connectivity index (χ0n) is 19.1. The molecule has 0 aliphatic carbocycles. The van der Waals surface area contributed by atoms with Gasteiger partial charge in [-0.05, 0) is 54.8 Å². The molecule has 1 aliphatic heterocycles. The molecule has 178 valence electrons. The van der Waals surface area contributed by atoms with Crippen LogP contribution in [-0.4, -0.2) is 39.9 Å². The zero-order valence-corrected chi connectivity index (χ0v) is 19.1. The van der Waals surface area contributed by atoms with E-state index in [1.165, 1.54) is 6.07 Å². The summed E-state index contributed by atoms with van der Waals surface area (Å²) in [5.74, 6) is -0.0205. The van der Waals surface area contributed by atoms with E-state index in [1.54, 1.807) is 29.2 Å². The molecule has 1 aromatic heterocycles. The number of hydrogen-bond acceptors (Lipinski definition) is 3. The molecule has 1 unspecified atom stereocenters. The Bertz CT molecular complexity index is 1350. The molecule has 3 N–H and O–H groups in total. The topological polar surface area (TPSA) is 90.1 Å². The molecule has 2 heterocycles. The van der Waals surface area contributed by atoms with Crippen LogP contribution in [0.5, 0.6) is 0 Å². The molecule has 3 aromatic carbocycles. The number of imidazole rings is 1. The maximum absolute atomic E-state index is 14.0. The molecule has 7 nitrogen and oxygen atoms in total. The number of H-pyrrole nitrogens is 1. The van der Waals surface area contributed by atoms with E-state index in [1.807, 2.05) is 42.5 Å². The molecule has 8 heteroatoms. The van der Waals surface area contributed by atoms with E-state index >= 15 is 0 Å². The van der Waals surface area contributed by atoms with Crippen LogP contribution in [0.1, 0.15) is 24.2 Å². The number of amides is 3. The smallest absolute Gasteiger partial charge is 0.321 e. The molecule has 0 saturated carbocycles. The average Bonchev–Trinajstić information content (AvgIpc) is 3.28. The largest absolute Gasteiger partial charge is 0.342 e. The van der Waals surface area contributed by atoms with Gasteiger partial charge in [0.2, 0.25) is 5.91 Å². The first-order chi connectivity index (χ1) is 17.0. The lowest BCUT2D eigenvalue weighted by Gasteiger charge is -2.32. The Morgan fingerprint density at radius 2 is 1.80 bits per heavy atom. The number of hydrogen-bond donors (Lipinski definition) is 3. The van der Waals surface area contributed by atoms with Crippen molar-refractivity contribution in [2.24, 2.45) is 5.92 Å². The second-order valence-corrected chi connectivity index (χ2v) is 8.75. The van der Waals surface area contributed by atoms with Crippen LogP contribution in [0, 0.1) is 11.7 Å². The number of halogens is 1. The minimum absolute atomic E-state index is 0.118. The Morgan fingerprint density at radius 1 is 1.00 bits per heavy atom. The highest BCUT2D eigenvalue weighted by atomic mass is 19.1. The van der Waals surface area contributed by atoms with Crippen LogP contribution in [-0.2, 0) is 11.2 Å². The van der Waals surface area contributed by atoms with Gasteiger partial charge in [0.1, 0.15) is 11.6 Å². The van der Waals surface area contributed by atoms with Crippen LogP contribution in [0.25, 0.3) is 11.0 Å². The number of nitrogens with zero attached hydrogens (tertiary/aromatic N) is 2. The van der Waals surface area contributed by atoms with Crippen molar-refractivity contribution >= 4 is 34.3 Å². The first-order valence-corrected chi connectivity index (χ1v) is 11.7. The number of rotatable bonds is 5. The summed E-state index contributed by atoms with van der Waals surface area (Å²) in [5, 5.41) is 5.86. The van der Waals surface area contributed by atoms with E-state index in [0.29, 0.717) is 36.6 Å². The Morgan fingerprint density at radius 3 is 2.63 bits per heavy atom. The summed E-state index contributed by atoms with van der Waals surface area (Å²) in [4.78, 5) is 35.1. The molecule has 3 amide bonds. The second-order valence-electron chi connectivity index (χ2n) is 8.75. The van der Waals surface area contributed by atoms with Crippen molar-refractivity contribution in [3.05, 3.63) is 90.0 Å². The van der Waals surface area contributed by atoms with Crippen molar-refractivity contribution < 1.29 is 14.0 Å². The van der Waals surface area contributed by atoms with Crippen molar-refractivity contribution in [1.82, 2.24) is 14.9 Å². The van der Waals surface area contributed by atoms with Crippen LogP contribution < -0.4 is 10.6 Å². The van der Waals surface area contributed by atoms with Crippen molar-refractivity contribution in [1.29, 1.82) is 0 Å². The minimum Gasteiger partial charge on any atom is -0.342 e. The Hall–Kier alpha value is -4.20. The molecule has 0 radical (unpaired) electrons. The first kappa shape index (κ1) is 22.6. The maximum atomic E-state index is 14.0. The number of benzene rings is 3. The van der Waals surface area contributed by atoms with Crippen LogP contribution >= 0.6 is 0 Å². The number of urea groups is 1. The fraction of sp³-hybridized carbons (Fsp3) is 0.222. The van der Waals surface area contributed by atoms with Crippen molar-refractivity contribution in [3.8, 4) is 0 Å². The van der Waals surface area contributed by atoms with E-state index in [0.717, 1.165) is 29.6 Å². The van der Waals surface area contributed by atoms with Crippen molar-refractivity contribution in [2.45, 2.75) is 19.3 Å². The Balaban J connectivity index is 1.22. The summed E-state index contributed by atoms with van der Waals surface area (Å²) in [7, 11) is 0. The maximum Gasteiger partial charge on any atom is 0.321 e. The number of nitrogens with one attached hydrogen (secondary N) is 3. The summed E-state index contributed by atoms with van der Waals surface area (Å²) in [6.45, 7) is 0.983. The Labute approximate surface area is 202 Å². The molecular formula is C27H26FN5O2. The van der Waals surface area contributed by atoms with Crippen molar-refractivity contribution in [2.75, 3.05) is 23.7 Å².